The van der Waals surface area contributed by atoms with Crippen molar-refractivity contribution in [2.75, 3.05) is 5.73 Å². The molecule has 0 aliphatic heterocycles. The molecule has 0 aliphatic rings. The predicted molar refractivity (Wildman–Crippen MR) is 47.5 cm³/mol. The molecule has 0 radical (unpaired) electrons. The number of hydrogen-bond acceptors (Lipinski definition) is 3. The highest BCUT2D eigenvalue weighted by molar-refractivity contribution is 5.66. The molecule has 1 aromatic heterocycles. The molecule has 5 heteroatoms. The van der Waals surface area contributed by atoms with E-state index in [1.165, 1.54) is 12.3 Å². The number of carboxylic acids is 1. The van der Waals surface area contributed by atoms with Gasteiger partial charge in [-0.25, -0.2) is 0 Å². The van der Waals surface area contributed by atoms with Crippen molar-refractivity contribution in [3.05, 3.63) is 28.2 Å². The molecule has 0 aromatic carbocycles. The normalized spacial score (nSPS) is 9.92. The van der Waals surface area contributed by atoms with Crippen molar-refractivity contribution in [3.63, 3.8) is 0 Å². The Hall–Kier alpha value is -1.78. The molecule has 0 saturated carbocycles. The lowest BCUT2D eigenvalue weighted by atomic mass is 10.2. The van der Waals surface area contributed by atoms with E-state index in [1.54, 1.807) is 6.92 Å². The Morgan fingerprint density at radius 1 is 1.69 bits per heavy atom. The van der Waals surface area contributed by atoms with Crippen LogP contribution in [0.15, 0.2) is 17.1 Å². The second kappa shape index (κ2) is 3.30. The highest BCUT2D eigenvalue weighted by atomic mass is 16.4. The standard InChI is InChI=1S/C8H10N2O3/c1-5-2-7(11)10(3-6(5)9)4-8(12)13/h2-3H,4,9H2,1H3,(H,12,13). The highest BCUT2D eigenvalue weighted by Crippen LogP contribution is 2.04. The van der Waals surface area contributed by atoms with Crippen LogP contribution in [-0.2, 0) is 11.3 Å². The van der Waals surface area contributed by atoms with Gasteiger partial charge in [-0.15, -0.1) is 0 Å². The van der Waals surface area contributed by atoms with Gasteiger partial charge in [-0.05, 0) is 12.5 Å². The first kappa shape index (κ1) is 9.31. The predicted octanol–water partition coefficient (Wildman–Crippen LogP) is -0.176. The average molecular weight is 182 g/mol. The van der Waals surface area contributed by atoms with Crippen LogP contribution in [0.1, 0.15) is 5.56 Å². The fourth-order valence-electron chi connectivity index (χ4n) is 0.954. The lowest BCUT2D eigenvalue weighted by Crippen LogP contribution is -2.23. The van der Waals surface area contributed by atoms with Crippen molar-refractivity contribution >= 4 is 11.7 Å². The fraction of sp³-hybridized carbons (Fsp3) is 0.250. The lowest BCUT2D eigenvalue weighted by Gasteiger charge is -2.04. The van der Waals surface area contributed by atoms with Gasteiger partial charge >= 0.3 is 5.97 Å². The van der Waals surface area contributed by atoms with Crippen LogP contribution in [0.3, 0.4) is 0 Å². The Labute approximate surface area is 74.4 Å². The molecule has 3 N–H and O–H groups in total. The summed E-state index contributed by atoms with van der Waals surface area (Å²) in [5.41, 5.74) is 6.24. The number of carbonyl (C=O) groups is 1. The van der Waals surface area contributed by atoms with Gasteiger partial charge in [-0.3, -0.25) is 9.59 Å². The van der Waals surface area contributed by atoms with Crippen LogP contribution in [-0.4, -0.2) is 15.6 Å². The molecule has 70 valence electrons. The number of nitrogens with two attached hydrogens (primary N) is 1. The third kappa shape index (κ3) is 2.08. The van der Waals surface area contributed by atoms with Crippen molar-refractivity contribution < 1.29 is 9.90 Å². The number of nitrogen functional groups attached to an aromatic ring is 1. The number of aliphatic carboxylic acids is 1. The number of aryl methyl sites for hydroxylation is 1. The minimum absolute atomic E-state index is 0.353. The number of nitrogens with zero attached hydrogens (tertiary/aromatic N) is 1. The number of anilines is 1. The molecule has 0 aliphatic carbocycles. The summed E-state index contributed by atoms with van der Waals surface area (Å²) in [4.78, 5) is 21.5. The van der Waals surface area contributed by atoms with Crippen molar-refractivity contribution in [1.29, 1.82) is 0 Å². The molecule has 0 fully saturated rings. The van der Waals surface area contributed by atoms with Gasteiger partial charge in [0.2, 0.25) is 0 Å². The van der Waals surface area contributed by atoms with E-state index in [2.05, 4.69) is 0 Å². The Morgan fingerprint density at radius 3 is 2.85 bits per heavy atom. The summed E-state index contributed by atoms with van der Waals surface area (Å²) in [5.74, 6) is -1.06. The number of carboxylic acid groups (broad SMARTS) is 1. The van der Waals surface area contributed by atoms with Gasteiger partial charge < -0.3 is 15.4 Å². The third-order valence-corrected chi connectivity index (χ3v) is 1.68. The van der Waals surface area contributed by atoms with Crippen molar-refractivity contribution in [3.8, 4) is 0 Å². The van der Waals surface area contributed by atoms with Crippen molar-refractivity contribution in [2.24, 2.45) is 0 Å². The summed E-state index contributed by atoms with van der Waals surface area (Å²) in [5, 5.41) is 8.45. The zero-order valence-electron chi connectivity index (χ0n) is 7.15. The van der Waals surface area contributed by atoms with Crippen LogP contribution < -0.4 is 11.3 Å². The summed E-state index contributed by atoms with van der Waals surface area (Å²) in [6.07, 6.45) is 1.34. The molecular weight excluding hydrogens is 172 g/mol. The van der Waals surface area contributed by atoms with E-state index in [-0.39, 0.29) is 12.1 Å². The molecule has 1 heterocycles. The molecule has 0 unspecified atom stereocenters. The van der Waals surface area contributed by atoms with Crippen LogP contribution >= 0.6 is 0 Å². The summed E-state index contributed by atoms with van der Waals surface area (Å²) >= 11 is 0. The van der Waals surface area contributed by atoms with E-state index < -0.39 is 5.97 Å². The maximum atomic E-state index is 11.2. The van der Waals surface area contributed by atoms with E-state index in [0.29, 0.717) is 11.3 Å². The smallest absolute Gasteiger partial charge is 0.323 e. The first-order chi connectivity index (χ1) is 6.00. The number of pyridine rings is 1. The first-order valence-corrected chi connectivity index (χ1v) is 3.69. The first-order valence-electron chi connectivity index (χ1n) is 3.69. The molecule has 5 nitrogen and oxygen atoms in total. The van der Waals surface area contributed by atoms with E-state index in [9.17, 15) is 9.59 Å². The zero-order chi connectivity index (χ0) is 10.0. The summed E-state index contributed by atoms with van der Waals surface area (Å²) < 4.78 is 1.06. The lowest BCUT2D eigenvalue weighted by molar-refractivity contribution is -0.137. The topological polar surface area (TPSA) is 85.3 Å². The van der Waals surface area contributed by atoms with Gasteiger partial charge in [0.15, 0.2) is 0 Å². The highest BCUT2D eigenvalue weighted by Gasteiger charge is 2.03. The number of rotatable bonds is 2. The van der Waals surface area contributed by atoms with Crippen LogP contribution in [0.5, 0.6) is 0 Å². The van der Waals surface area contributed by atoms with E-state index in [0.717, 1.165) is 4.57 Å². The Balaban J connectivity index is 3.16. The molecule has 0 atom stereocenters. The van der Waals surface area contributed by atoms with E-state index in [4.69, 9.17) is 10.8 Å². The van der Waals surface area contributed by atoms with Crippen LogP contribution in [0, 0.1) is 6.92 Å². The SMILES string of the molecule is Cc1cc(=O)n(CC(=O)O)cc1N. The summed E-state index contributed by atoms with van der Waals surface area (Å²) in [6.45, 7) is 1.34. The Morgan fingerprint density at radius 2 is 2.31 bits per heavy atom. The van der Waals surface area contributed by atoms with E-state index in [1.807, 2.05) is 0 Å². The van der Waals surface area contributed by atoms with Crippen molar-refractivity contribution in [2.45, 2.75) is 13.5 Å². The second-order valence-corrected chi connectivity index (χ2v) is 2.77. The molecule has 1 aromatic rings. The molecular formula is C8H10N2O3. The van der Waals surface area contributed by atoms with Gasteiger partial charge in [0.25, 0.3) is 5.56 Å². The van der Waals surface area contributed by atoms with Gasteiger partial charge in [-0.1, -0.05) is 0 Å². The Bertz CT molecular complexity index is 395. The fourth-order valence-corrected chi connectivity index (χ4v) is 0.954. The van der Waals surface area contributed by atoms with Crippen molar-refractivity contribution in [1.82, 2.24) is 4.57 Å². The molecule has 0 amide bonds. The molecule has 1 rings (SSSR count). The largest absolute Gasteiger partial charge is 0.480 e. The van der Waals surface area contributed by atoms with Gasteiger partial charge in [0.1, 0.15) is 6.54 Å². The molecule has 0 spiro atoms. The monoisotopic (exact) mass is 182 g/mol. The summed E-state index contributed by atoms with van der Waals surface area (Å²) in [6, 6.07) is 1.32. The van der Waals surface area contributed by atoms with E-state index >= 15 is 0 Å². The van der Waals surface area contributed by atoms with Gasteiger partial charge in [-0.2, -0.15) is 0 Å². The maximum absolute atomic E-state index is 11.2. The molecule has 0 saturated heterocycles. The average Bonchev–Trinajstić information content (AvgIpc) is 1.99. The maximum Gasteiger partial charge on any atom is 0.323 e. The quantitative estimate of drug-likeness (QED) is 0.664. The van der Waals surface area contributed by atoms with Crippen LogP contribution in [0.4, 0.5) is 5.69 Å². The minimum atomic E-state index is -1.06. The second-order valence-electron chi connectivity index (χ2n) is 2.77. The minimum Gasteiger partial charge on any atom is -0.480 e. The van der Waals surface area contributed by atoms with Gasteiger partial charge in [0, 0.05) is 12.3 Å². The van der Waals surface area contributed by atoms with Crippen LogP contribution in [0.25, 0.3) is 0 Å². The molecule has 13 heavy (non-hydrogen) atoms. The van der Waals surface area contributed by atoms with Gasteiger partial charge in [0.05, 0.1) is 5.69 Å². The zero-order valence-corrected chi connectivity index (χ0v) is 7.15. The van der Waals surface area contributed by atoms with Crippen LogP contribution in [0.2, 0.25) is 0 Å². The summed E-state index contributed by atoms with van der Waals surface area (Å²) in [7, 11) is 0. The number of aromatic nitrogens is 1. The Kier molecular flexibility index (Phi) is 2.36. The number of hydrogen-bond donors (Lipinski definition) is 2. The molecule has 0 bridgehead atoms. The third-order valence-electron chi connectivity index (χ3n) is 1.68.